The molecule has 11 heteroatoms. The Morgan fingerprint density at radius 3 is 2.38 bits per heavy atom. The van der Waals surface area contributed by atoms with Crippen molar-refractivity contribution in [2.75, 3.05) is 37.7 Å². The quantitative estimate of drug-likeness (QED) is 0.581. The fourth-order valence-corrected chi connectivity index (χ4v) is 5.58. The Labute approximate surface area is 223 Å². The first-order chi connectivity index (χ1) is 18.5. The monoisotopic (exact) mass is 540 g/mol. The standard InChI is InChI=1S/C28H27F3N4O4/c1-27(30,31)21-5-2-18(3-6-21)16-35-24(36)17-34(23-7-4-19(15-32)12-22(23)29)26(38)28(35)13-20(14-28)25(37)33-8-10-39-11-9-33/h2-7,12,20H,8-11,13-14,16-17H2,1H3. The Bertz CT molecular complexity index is 1340. The molecule has 0 atom stereocenters. The number of benzene rings is 2. The average molecular weight is 541 g/mol. The third-order valence-corrected chi connectivity index (χ3v) is 7.76. The van der Waals surface area contributed by atoms with Gasteiger partial charge in [0.1, 0.15) is 17.9 Å². The van der Waals surface area contributed by atoms with Gasteiger partial charge in [-0.15, -0.1) is 0 Å². The van der Waals surface area contributed by atoms with Crippen LogP contribution in [0.2, 0.25) is 0 Å². The number of morpholine rings is 1. The van der Waals surface area contributed by atoms with Gasteiger partial charge in [-0.25, -0.2) is 13.2 Å². The topological polar surface area (TPSA) is 93.9 Å². The molecule has 0 unspecified atom stereocenters. The molecule has 2 aliphatic heterocycles. The maximum Gasteiger partial charge on any atom is 0.270 e. The van der Waals surface area contributed by atoms with Crippen molar-refractivity contribution in [2.45, 2.75) is 37.8 Å². The SMILES string of the molecule is CC(F)(F)c1ccc(CN2C(=O)CN(c3ccc(C#N)cc3F)C(=O)C23CC(C(=O)N2CCOCC2)C3)cc1. The number of alkyl halides is 2. The van der Waals surface area contributed by atoms with Gasteiger partial charge in [0, 0.05) is 38.0 Å². The van der Waals surface area contributed by atoms with Crippen molar-refractivity contribution in [3.8, 4) is 6.07 Å². The number of piperazine rings is 1. The first-order valence-corrected chi connectivity index (χ1v) is 12.7. The van der Waals surface area contributed by atoms with Gasteiger partial charge in [0.15, 0.2) is 0 Å². The van der Waals surface area contributed by atoms with E-state index in [-0.39, 0.29) is 42.1 Å². The fourth-order valence-electron chi connectivity index (χ4n) is 5.58. The van der Waals surface area contributed by atoms with E-state index in [0.717, 1.165) is 17.9 Å². The van der Waals surface area contributed by atoms with Gasteiger partial charge in [0.05, 0.1) is 30.5 Å². The van der Waals surface area contributed by atoms with Crippen molar-refractivity contribution in [1.82, 2.24) is 9.80 Å². The molecular formula is C28H27F3N4O4. The van der Waals surface area contributed by atoms with Gasteiger partial charge in [0.2, 0.25) is 11.8 Å². The Morgan fingerprint density at radius 2 is 1.79 bits per heavy atom. The molecule has 2 saturated heterocycles. The van der Waals surface area contributed by atoms with Gasteiger partial charge in [-0.3, -0.25) is 19.3 Å². The Balaban J connectivity index is 1.45. The molecule has 3 aliphatic rings. The lowest BCUT2D eigenvalue weighted by molar-refractivity contribution is -0.168. The molecule has 0 aromatic heterocycles. The Morgan fingerprint density at radius 1 is 1.13 bits per heavy atom. The highest BCUT2D eigenvalue weighted by Crippen LogP contribution is 2.48. The minimum absolute atomic E-state index is 0.0255. The molecular weight excluding hydrogens is 513 g/mol. The van der Waals surface area contributed by atoms with Crippen molar-refractivity contribution < 1.29 is 32.3 Å². The molecule has 1 saturated carbocycles. The lowest BCUT2D eigenvalue weighted by Gasteiger charge is -2.57. The molecule has 1 spiro atoms. The number of nitriles is 1. The summed E-state index contributed by atoms with van der Waals surface area (Å²) in [4.78, 5) is 44.8. The van der Waals surface area contributed by atoms with Crippen LogP contribution in [0.4, 0.5) is 18.9 Å². The van der Waals surface area contributed by atoms with E-state index in [1.54, 1.807) is 4.90 Å². The van der Waals surface area contributed by atoms with E-state index in [0.29, 0.717) is 31.9 Å². The van der Waals surface area contributed by atoms with Crippen LogP contribution in [0.1, 0.15) is 36.5 Å². The largest absolute Gasteiger partial charge is 0.378 e. The zero-order valence-electron chi connectivity index (χ0n) is 21.3. The second kappa shape index (κ2) is 10.0. The summed E-state index contributed by atoms with van der Waals surface area (Å²) in [5.74, 6) is -5.44. The number of hydrogen-bond acceptors (Lipinski definition) is 5. The maximum atomic E-state index is 14.9. The van der Waals surface area contributed by atoms with Crippen LogP contribution in [0.15, 0.2) is 42.5 Å². The zero-order valence-corrected chi connectivity index (χ0v) is 21.3. The van der Waals surface area contributed by atoms with Crippen molar-refractivity contribution in [1.29, 1.82) is 5.26 Å². The number of nitrogens with zero attached hydrogens (tertiary/aromatic N) is 4. The van der Waals surface area contributed by atoms with Crippen LogP contribution in [-0.2, 0) is 31.6 Å². The van der Waals surface area contributed by atoms with Gasteiger partial charge >= 0.3 is 0 Å². The van der Waals surface area contributed by atoms with E-state index >= 15 is 0 Å². The lowest BCUT2D eigenvalue weighted by atomic mass is 9.64. The molecule has 3 fully saturated rings. The number of halogens is 3. The first-order valence-electron chi connectivity index (χ1n) is 12.7. The number of amides is 3. The summed E-state index contributed by atoms with van der Waals surface area (Å²) in [5.41, 5.74) is -1.07. The molecule has 3 amide bonds. The number of carbonyl (C=O) groups is 3. The maximum absolute atomic E-state index is 14.9. The Hall–Kier alpha value is -3.91. The van der Waals surface area contributed by atoms with Crippen LogP contribution in [0.5, 0.6) is 0 Å². The Kier molecular flexibility index (Phi) is 6.84. The summed E-state index contributed by atoms with van der Waals surface area (Å²) in [6.45, 7) is 2.06. The predicted molar refractivity (Wildman–Crippen MR) is 133 cm³/mol. The molecule has 0 N–H and O–H groups in total. The number of anilines is 1. The lowest BCUT2D eigenvalue weighted by Crippen LogP contribution is -2.74. The minimum atomic E-state index is -3.02. The van der Waals surface area contributed by atoms with Gasteiger partial charge in [0.25, 0.3) is 11.8 Å². The molecule has 0 bridgehead atoms. The normalized spacial score (nSPS) is 23.6. The van der Waals surface area contributed by atoms with Crippen molar-refractivity contribution in [3.05, 3.63) is 65.0 Å². The van der Waals surface area contributed by atoms with E-state index in [1.807, 2.05) is 6.07 Å². The van der Waals surface area contributed by atoms with E-state index in [2.05, 4.69) is 0 Å². The molecule has 1 aliphatic carbocycles. The highest BCUT2D eigenvalue weighted by Gasteiger charge is 2.62. The van der Waals surface area contributed by atoms with Crippen LogP contribution in [0.3, 0.4) is 0 Å². The highest BCUT2D eigenvalue weighted by molar-refractivity contribution is 6.10. The van der Waals surface area contributed by atoms with Crippen LogP contribution >= 0.6 is 0 Å². The summed E-state index contributed by atoms with van der Waals surface area (Å²) in [6.07, 6.45) is 0.126. The summed E-state index contributed by atoms with van der Waals surface area (Å²) < 4.78 is 47.6. The van der Waals surface area contributed by atoms with Crippen LogP contribution in [0, 0.1) is 23.1 Å². The first kappa shape index (κ1) is 26.7. The minimum Gasteiger partial charge on any atom is -0.378 e. The third kappa shape index (κ3) is 4.85. The highest BCUT2D eigenvalue weighted by atomic mass is 19.3. The fraction of sp³-hybridized carbons (Fsp3) is 0.429. The van der Waals surface area contributed by atoms with Gasteiger partial charge < -0.3 is 14.5 Å². The van der Waals surface area contributed by atoms with Gasteiger partial charge in [-0.1, -0.05) is 24.3 Å². The second-order valence-electron chi connectivity index (χ2n) is 10.3. The van der Waals surface area contributed by atoms with Crippen molar-refractivity contribution in [2.24, 2.45) is 5.92 Å². The molecule has 2 heterocycles. The number of ether oxygens (including phenoxy) is 1. The summed E-state index contributed by atoms with van der Waals surface area (Å²) in [5, 5.41) is 9.07. The second-order valence-corrected chi connectivity index (χ2v) is 10.3. The third-order valence-electron chi connectivity index (χ3n) is 7.76. The van der Waals surface area contributed by atoms with E-state index in [4.69, 9.17) is 10.00 Å². The van der Waals surface area contributed by atoms with Crippen LogP contribution in [0.25, 0.3) is 0 Å². The summed E-state index contributed by atoms with van der Waals surface area (Å²) >= 11 is 0. The van der Waals surface area contributed by atoms with Gasteiger partial charge in [-0.2, -0.15) is 5.26 Å². The smallest absolute Gasteiger partial charge is 0.270 e. The molecule has 39 heavy (non-hydrogen) atoms. The van der Waals surface area contributed by atoms with Gasteiger partial charge in [-0.05, 0) is 36.6 Å². The van der Waals surface area contributed by atoms with E-state index in [9.17, 15) is 27.6 Å². The molecule has 5 rings (SSSR count). The molecule has 8 nitrogen and oxygen atoms in total. The van der Waals surface area contributed by atoms with E-state index < -0.39 is 41.6 Å². The van der Waals surface area contributed by atoms with Crippen LogP contribution in [-0.4, -0.2) is 65.9 Å². The molecule has 2 aromatic carbocycles. The molecule has 2 aromatic rings. The predicted octanol–water partition coefficient (Wildman–Crippen LogP) is 3.19. The number of hydrogen-bond donors (Lipinski definition) is 0. The summed E-state index contributed by atoms with van der Waals surface area (Å²) in [6, 6.07) is 11.0. The number of rotatable bonds is 5. The van der Waals surface area contributed by atoms with Crippen molar-refractivity contribution in [3.63, 3.8) is 0 Å². The molecule has 204 valence electrons. The molecule has 0 radical (unpaired) electrons. The average Bonchev–Trinajstić information content (AvgIpc) is 2.90. The summed E-state index contributed by atoms with van der Waals surface area (Å²) in [7, 11) is 0. The van der Waals surface area contributed by atoms with Crippen molar-refractivity contribution >= 4 is 23.4 Å². The number of carbonyl (C=O) groups excluding carboxylic acids is 3. The van der Waals surface area contributed by atoms with E-state index in [1.165, 1.54) is 41.3 Å². The zero-order chi connectivity index (χ0) is 27.9. The van der Waals surface area contributed by atoms with Crippen LogP contribution < -0.4 is 4.90 Å².